The summed E-state index contributed by atoms with van der Waals surface area (Å²) in [7, 11) is 0. The van der Waals surface area contributed by atoms with Gasteiger partial charge in [0.05, 0.1) is 16.0 Å². The standard InChI is InChI=1S/C17H11BrN4S3/c18-12-7-5-11(6-8-12)9-19-16-22-21-15(25-16)10-23-17-20-13-3-1-2-4-14(13)24-17/h1-9H,10H2/b19-9+. The second-order valence-corrected chi connectivity index (χ2v) is 9.23. The quantitative estimate of drug-likeness (QED) is 0.280. The van der Waals surface area contributed by atoms with Crippen molar-refractivity contribution in [2.45, 2.75) is 10.1 Å². The van der Waals surface area contributed by atoms with Gasteiger partial charge < -0.3 is 0 Å². The minimum absolute atomic E-state index is 0.669. The molecular formula is C17H11BrN4S3. The van der Waals surface area contributed by atoms with E-state index in [2.05, 4.69) is 42.2 Å². The van der Waals surface area contributed by atoms with Crippen LogP contribution in [0.15, 0.2) is 62.3 Å². The number of halogens is 1. The summed E-state index contributed by atoms with van der Waals surface area (Å²) in [6.07, 6.45) is 1.80. The average Bonchev–Trinajstić information content (AvgIpc) is 3.25. The number of aromatic nitrogens is 3. The topological polar surface area (TPSA) is 51.0 Å². The molecule has 4 nitrogen and oxygen atoms in total. The highest BCUT2D eigenvalue weighted by molar-refractivity contribution is 9.10. The first-order valence-electron chi connectivity index (χ1n) is 7.37. The summed E-state index contributed by atoms with van der Waals surface area (Å²) in [5, 5.41) is 9.97. The van der Waals surface area contributed by atoms with Gasteiger partial charge in [0.2, 0.25) is 5.13 Å². The van der Waals surface area contributed by atoms with E-state index in [-0.39, 0.29) is 0 Å². The van der Waals surface area contributed by atoms with Crippen LogP contribution in [0.2, 0.25) is 0 Å². The zero-order chi connectivity index (χ0) is 17.1. The smallest absolute Gasteiger partial charge is 0.230 e. The molecule has 4 aromatic rings. The normalized spacial score (nSPS) is 11.6. The van der Waals surface area contributed by atoms with E-state index >= 15 is 0 Å². The van der Waals surface area contributed by atoms with Crippen molar-refractivity contribution in [2.24, 2.45) is 4.99 Å². The Hall–Kier alpha value is -1.61. The highest BCUT2D eigenvalue weighted by atomic mass is 79.9. The van der Waals surface area contributed by atoms with E-state index in [0.717, 1.165) is 30.7 Å². The maximum atomic E-state index is 4.62. The van der Waals surface area contributed by atoms with Gasteiger partial charge in [-0.2, -0.15) is 0 Å². The van der Waals surface area contributed by atoms with E-state index in [1.807, 2.05) is 42.5 Å². The van der Waals surface area contributed by atoms with Crippen LogP contribution in [0.3, 0.4) is 0 Å². The van der Waals surface area contributed by atoms with Crippen molar-refractivity contribution >= 4 is 71.9 Å². The zero-order valence-electron chi connectivity index (χ0n) is 12.8. The molecule has 0 saturated carbocycles. The number of thioether (sulfide) groups is 1. The predicted molar refractivity (Wildman–Crippen MR) is 110 cm³/mol. The summed E-state index contributed by atoms with van der Waals surface area (Å²) >= 11 is 8.32. The Bertz CT molecular complexity index is 991. The molecule has 0 atom stereocenters. The third-order valence-electron chi connectivity index (χ3n) is 3.24. The number of rotatable bonds is 5. The Balaban J connectivity index is 1.40. The fraction of sp³-hybridized carbons (Fsp3) is 0.0588. The number of benzene rings is 2. The van der Waals surface area contributed by atoms with Gasteiger partial charge in [-0.15, -0.1) is 21.5 Å². The van der Waals surface area contributed by atoms with E-state index in [1.165, 1.54) is 16.0 Å². The zero-order valence-corrected chi connectivity index (χ0v) is 16.8. The lowest BCUT2D eigenvalue weighted by Crippen LogP contribution is -1.79. The summed E-state index contributed by atoms with van der Waals surface area (Å²) in [5.41, 5.74) is 2.08. The van der Waals surface area contributed by atoms with Crippen LogP contribution >= 0.6 is 50.4 Å². The molecule has 0 bridgehead atoms. The summed E-state index contributed by atoms with van der Waals surface area (Å²) in [6, 6.07) is 16.2. The van der Waals surface area contributed by atoms with E-state index in [9.17, 15) is 0 Å². The lowest BCUT2D eigenvalue weighted by atomic mass is 10.2. The van der Waals surface area contributed by atoms with Crippen molar-refractivity contribution in [3.63, 3.8) is 0 Å². The molecule has 4 rings (SSSR count). The van der Waals surface area contributed by atoms with Gasteiger partial charge in [0.1, 0.15) is 5.01 Å². The molecule has 0 aliphatic heterocycles. The summed E-state index contributed by atoms with van der Waals surface area (Å²) < 4.78 is 3.31. The molecule has 0 saturated heterocycles. The molecule has 25 heavy (non-hydrogen) atoms. The minimum atomic E-state index is 0.669. The maximum Gasteiger partial charge on any atom is 0.231 e. The fourth-order valence-corrected chi connectivity index (χ4v) is 5.07. The molecule has 0 aliphatic carbocycles. The molecule has 0 radical (unpaired) electrons. The number of para-hydroxylation sites is 1. The molecule has 2 aromatic carbocycles. The molecule has 0 N–H and O–H groups in total. The van der Waals surface area contributed by atoms with E-state index in [0.29, 0.717) is 5.13 Å². The number of thiazole rings is 1. The van der Waals surface area contributed by atoms with Crippen LogP contribution in [0, 0.1) is 0 Å². The minimum Gasteiger partial charge on any atom is -0.230 e. The summed E-state index contributed by atoms with van der Waals surface area (Å²) in [5.74, 6) is 0.755. The number of hydrogen-bond donors (Lipinski definition) is 0. The number of fused-ring (bicyclic) bond motifs is 1. The SMILES string of the molecule is Brc1ccc(/C=N/c2nnc(CSc3nc4ccccc4s3)s2)cc1. The second-order valence-electron chi connectivity index (χ2n) is 5.02. The van der Waals surface area contributed by atoms with Crippen molar-refractivity contribution in [2.75, 3.05) is 0 Å². The molecule has 0 spiro atoms. The van der Waals surface area contributed by atoms with Gasteiger partial charge in [0.25, 0.3) is 0 Å². The maximum absolute atomic E-state index is 4.62. The Morgan fingerprint density at radius 2 is 1.88 bits per heavy atom. The van der Waals surface area contributed by atoms with Crippen molar-refractivity contribution < 1.29 is 0 Å². The number of nitrogens with zero attached hydrogens (tertiary/aromatic N) is 4. The highest BCUT2D eigenvalue weighted by Gasteiger charge is 2.07. The first-order valence-corrected chi connectivity index (χ1v) is 10.8. The van der Waals surface area contributed by atoms with Crippen LogP contribution in [0.25, 0.3) is 10.2 Å². The van der Waals surface area contributed by atoms with Gasteiger partial charge in [-0.05, 0) is 29.8 Å². The van der Waals surface area contributed by atoms with E-state index < -0.39 is 0 Å². The Labute approximate surface area is 165 Å². The summed E-state index contributed by atoms with van der Waals surface area (Å²) in [4.78, 5) is 9.02. The van der Waals surface area contributed by atoms with Crippen molar-refractivity contribution in [3.05, 3.63) is 63.6 Å². The number of aliphatic imine (C=N–C) groups is 1. The van der Waals surface area contributed by atoms with Gasteiger partial charge in [-0.25, -0.2) is 9.98 Å². The monoisotopic (exact) mass is 446 g/mol. The van der Waals surface area contributed by atoms with Gasteiger partial charge in [-0.3, -0.25) is 0 Å². The largest absolute Gasteiger partial charge is 0.231 e. The molecule has 8 heteroatoms. The third-order valence-corrected chi connectivity index (χ3v) is 6.98. The van der Waals surface area contributed by atoms with Gasteiger partial charge in [0.15, 0.2) is 4.34 Å². The van der Waals surface area contributed by atoms with Crippen LogP contribution < -0.4 is 0 Å². The van der Waals surface area contributed by atoms with Gasteiger partial charge >= 0.3 is 0 Å². The van der Waals surface area contributed by atoms with Crippen molar-refractivity contribution in [3.8, 4) is 0 Å². The lowest BCUT2D eigenvalue weighted by Gasteiger charge is -1.92. The number of hydrogen-bond acceptors (Lipinski definition) is 7. The van der Waals surface area contributed by atoms with Crippen LogP contribution in [-0.4, -0.2) is 21.4 Å². The molecule has 124 valence electrons. The highest BCUT2D eigenvalue weighted by Crippen LogP contribution is 2.32. The summed E-state index contributed by atoms with van der Waals surface area (Å²) in [6.45, 7) is 0. The van der Waals surface area contributed by atoms with Crippen molar-refractivity contribution in [1.82, 2.24) is 15.2 Å². The molecule has 2 heterocycles. The molecule has 0 unspecified atom stereocenters. The molecule has 2 aromatic heterocycles. The molecule has 0 amide bonds. The van der Waals surface area contributed by atoms with Gasteiger partial charge in [0, 0.05) is 10.7 Å². The molecule has 0 fully saturated rings. The fourth-order valence-electron chi connectivity index (χ4n) is 2.07. The van der Waals surface area contributed by atoms with Gasteiger partial charge in [-0.1, -0.05) is 63.3 Å². The molecule has 0 aliphatic rings. The third kappa shape index (κ3) is 4.33. The predicted octanol–water partition coefficient (Wildman–Crippen LogP) is 5.95. The van der Waals surface area contributed by atoms with E-state index in [1.54, 1.807) is 29.3 Å². The molecular weight excluding hydrogens is 436 g/mol. The Morgan fingerprint density at radius 1 is 1.04 bits per heavy atom. The van der Waals surface area contributed by atoms with Crippen molar-refractivity contribution in [1.29, 1.82) is 0 Å². The van der Waals surface area contributed by atoms with Crippen LogP contribution in [0.4, 0.5) is 5.13 Å². The Kier molecular flexibility index (Phi) is 5.21. The van der Waals surface area contributed by atoms with Crippen LogP contribution in [-0.2, 0) is 5.75 Å². The Morgan fingerprint density at radius 3 is 2.72 bits per heavy atom. The second kappa shape index (κ2) is 7.74. The average molecular weight is 447 g/mol. The first kappa shape index (κ1) is 16.8. The van der Waals surface area contributed by atoms with Crippen LogP contribution in [0.5, 0.6) is 0 Å². The lowest BCUT2D eigenvalue weighted by molar-refractivity contribution is 1.04. The first-order chi connectivity index (χ1) is 12.3. The van der Waals surface area contributed by atoms with E-state index in [4.69, 9.17) is 0 Å². The van der Waals surface area contributed by atoms with Crippen LogP contribution in [0.1, 0.15) is 10.6 Å².